The Kier molecular flexibility index (Phi) is 6.47. The molecule has 0 heterocycles. The zero-order valence-electron chi connectivity index (χ0n) is 12.9. The van der Waals surface area contributed by atoms with Crippen molar-refractivity contribution in [1.82, 2.24) is 5.32 Å². The number of nitrogens with one attached hydrogen (secondary N) is 1. The van der Waals surface area contributed by atoms with Crippen LogP contribution >= 0.6 is 15.9 Å². The van der Waals surface area contributed by atoms with Gasteiger partial charge in [-0.1, -0.05) is 78.3 Å². The van der Waals surface area contributed by atoms with Gasteiger partial charge in [-0.05, 0) is 36.0 Å². The Labute approximate surface area is 136 Å². The minimum absolute atomic E-state index is 0.527. The zero-order chi connectivity index (χ0) is 15.1. The topological polar surface area (TPSA) is 12.0 Å². The minimum atomic E-state index is 0.527. The smallest absolute Gasteiger partial charge is 0.0207 e. The van der Waals surface area contributed by atoms with E-state index < -0.39 is 0 Å². The van der Waals surface area contributed by atoms with Gasteiger partial charge in [0.05, 0.1) is 0 Å². The lowest BCUT2D eigenvalue weighted by Gasteiger charge is -2.20. The molecule has 0 radical (unpaired) electrons. The van der Waals surface area contributed by atoms with Crippen molar-refractivity contribution in [3.63, 3.8) is 0 Å². The fourth-order valence-electron chi connectivity index (χ4n) is 2.52. The Hall–Kier alpha value is -1.12. The van der Waals surface area contributed by atoms with Gasteiger partial charge in [0, 0.05) is 17.1 Å². The van der Waals surface area contributed by atoms with Crippen molar-refractivity contribution < 1.29 is 0 Å². The molecule has 0 aliphatic heterocycles. The van der Waals surface area contributed by atoms with Crippen LogP contribution in [0.4, 0.5) is 0 Å². The van der Waals surface area contributed by atoms with Crippen LogP contribution in [0, 0.1) is 0 Å². The summed E-state index contributed by atoms with van der Waals surface area (Å²) in [5.74, 6) is 0.556. The van der Waals surface area contributed by atoms with Gasteiger partial charge in [0.15, 0.2) is 0 Å². The molecule has 0 fully saturated rings. The fraction of sp³-hybridized carbons (Fsp3) is 0.368. The highest BCUT2D eigenvalue weighted by Crippen LogP contribution is 2.24. The average molecular weight is 346 g/mol. The van der Waals surface area contributed by atoms with E-state index in [2.05, 4.69) is 89.7 Å². The van der Waals surface area contributed by atoms with E-state index in [1.165, 1.54) is 15.6 Å². The molecule has 0 saturated heterocycles. The monoisotopic (exact) mass is 345 g/mol. The normalized spacial score (nSPS) is 12.6. The average Bonchev–Trinajstić information content (AvgIpc) is 2.49. The largest absolute Gasteiger partial charge is 0.314 e. The van der Waals surface area contributed by atoms with Crippen LogP contribution in [0.15, 0.2) is 59.1 Å². The molecule has 0 saturated carbocycles. The fourth-order valence-corrected chi connectivity index (χ4v) is 3.00. The van der Waals surface area contributed by atoms with Gasteiger partial charge in [-0.3, -0.25) is 0 Å². The number of rotatable bonds is 7. The highest BCUT2D eigenvalue weighted by molar-refractivity contribution is 9.10. The Bertz CT molecular complexity index is 536. The maximum Gasteiger partial charge on any atom is 0.0207 e. The summed E-state index contributed by atoms with van der Waals surface area (Å²) in [6, 6.07) is 19.9. The van der Waals surface area contributed by atoms with Crippen LogP contribution < -0.4 is 5.32 Å². The van der Waals surface area contributed by atoms with E-state index in [0.29, 0.717) is 12.0 Å². The van der Waals surface area contributed by atoms with Crippen LogP contribution in [0.25, 0.3) is 0 Å². The van der Waals surface area contributed by atoms with Gasteiger partial charge in [0.2, 0.25) is 0 Å². The van der Waals surface area contributed by atoms with E-state index >= 15 is 0 Å². The van der Waals surface area contributed by atoms with Crippen LogP contribution in [0.3, 0.4) is 0 Å². The van der Waals surface area contributed by atoms with E-state index in [1.54, 1.807) is 0 Å². The van der Waals surface area contributed by atoms with E-state index in [1.807, 2.05) is 0 Å². The third-order valence-corrected chi connectivity index (χ3v) is 4.54. The molecule has 2 heteroatoms. The van der Waals surface area contributed by atoms with E-state index in [9.17, 15) is 0 Å². The molecule has 1 atom stereocenters. The van der Waals surface area contributed by atoms with Gasteiger partial charge < -0.3 is 5.32 Å². The Morgan fingerprint density at radius 2 is 1.62 bits per heavy atom. The van der Waals surface area contributed by atoms with Gasteiger partial charge in [0.25, 0.3) is 0 Å². The van der Waals surface area contributed by atoms with Crippen LogP contribution in [-0.4, -0.2) is 12.6 Å². The lowest BCUT2D eigenvalue weighted by atomic mass is 9.92. The van der Waals surface area contributed by atoms with Crippen molar-refractivity contribution >= 4 is 15.9 Å². The highest BCUT2D eigenvalue weighted by Gasteiger charge is 2.12. The summed E-state index contributed by atoms with van der Waals surface area (Å²) in [6.07, 6.45) is 2.26. The molecular formula is C19H24BrN. The minimum Gasteiger partial charge on any atom is -0.314 e. The lowest BCUT2D eigenvalue weighted by Crippen LogP contribution is -2.28. The quantitative estimate of drug-likeness (QED) is 0.730. The van der Waals surface area contributed by atoms with Crippen molar-refractivity contribution in [1.29, 1.82) is 0 Å². The molecule has 0 amide bonds. The van der Waals surface area contributed by atoms with Gasteiger partial charge in [-0.25, -0.2) is 0 Å². The molecule has 0 aromatic heterocycles. The summed E-state index contributed by atoms with van der Waals surface area (Å²) in [4.78, 5) is 0. The van der Waals surface area contributed by atoms with E-state index in [-0.39, 0.29) is 0 Å². The number of hydrogen-bond donors (Lipinski definition) is 1. The second-order valence-corrected chi connectivity index (χ2v) is 6.65. The lowest BCUT2D eigenvalue weighted by molar-refractivity contribution is 0.508. The molecule has 2 aromatic rings. The summed E-state index contributed by atoms with van der Waals surface area (Å²) in [6.45, 7) is 5.44. The Morgan fingerprint density at radius 3 is 2.29 bits per heavy atom. The molecule has 0 bridgehead atoms. The molecule has 1 nitrogen and oxygen atoms in total. The molecule has 0 spiro atoms. The summed E-state index contributed by atoms with van der Waals surface area (Å²) in [5, 5.41) is 3.58. The maximum absolute atomic E-state index is 3.65. The van der Waals surface area contributed by atoms with Crippen molar-refractivity contribution in [2.24, 2.45) is 0 Å². The Morgan fingerprint density at radius 1 is 0.952 bits per heavy atom. The van der Waals surface area contributed by atoms with Crippen LogP contribution in [0.1, 0.15) is 37.3 Å². The summed E-state index contributed by atoms with van der Waals surface area (Å²) >= 11 is 3.65. The van der Waals surface area contributed by atoms with Gasteiger partial charge in [-0.2, -0.15) is 0 Å². The molecule has 0 aliphatic rings. The second kappa shape index (κ2) is 8.35. The predicted octanol–water partition coefficient (Wildman–Crippen LogP) is 5.16. The van der Waals surface area contributed by atoms with Crippen LogP contribution in [-0.2, 0) is 6.42 Å². The van der Waals surface area contributed by atoms with Crippen molar-refractivity contribution in [2.75, 3.05) is 6.54 Å². The number of aryl methyl sites for hydroxylation is 1. The molecule has 112 valence electrons. The molecule has 1 N–H and O–H groups in total. The highest BCUT2D eigenvalue weighted by atomic mass is 79.9. The van der Waals surface area contributed by atoms with Gasteiger partial charge in [0.1, 0.15) is 0 Å². The maximum atomic E-state index is 3.65. The standard InChI is InChI=1S/C19H24BrN/c1-15(2)21-14-18(16-8-4-3-5-9-16)13-12-17-10-6-7-11-19(17)20/h3-11,15,18,21H,12-14H2,1-2H3. The first kappa shape index (κ1) is 16.3. The van der Waals surface area contributed by atoms with Crippen molar-refractivity contribution in [3.8, 4) is 0 Å². The zero-order valence-corrected chi connectivity index (χ0v) is 14.4. The predicted molar refractivity (Wildman–Crippen MR) is 94.8 cm³/mol. The SMILES string of the molecule is CC(C)NCC(CCc1ccccc1Br)c1ccccc1. The molecule has 0 aliphatic carbocycles. The summed E-state index contributed by atoms with van der Waals surface area (Å²) < 4.78 is 1.22. The van der Waals surface area contributed by atoms with Crippen molar-refractivity contribution in [3.05, 3.63) is 70.2 Å². The van der Waals surface area contributed by atoms with Gasteiger partial charge in [-0.15, -0.1) is 0 Å². The van der Waals surface area contributed by atoms with Crippen LogP contribution in [0.5, 0.6) is 0 Å². The second-order valence-electron chi connectivity index (χ2n) is 5.80. The summed E-state index contributed by atoms with van der Waals surface area (Å²) in [7, 11) is 0. The molecule has 21 heavy (non-hydrogen) atoms. The van der Waals surface area contributed by atoms with Crippen LogP contribution in [0.2, 0.25) is 0 Å². The summed E-state index contributed by atoms with van der Waals surface area (Å²) in [5.41, 5.74) is 2.82. The number of halogens is 1. The number of benzene rings is 2. The molecule has 1 unspecified atom stereocenters. The van der Waals surface area contributed by atoms with E-state index in [4.69, 9.17) is 0 Å². The third-order valence-electron chi connectivity index (χ3n) is 3.76. The van der Waals surface area contributed by atoms with E-state index in [0.717, 1.165) is 19.4 Å². The third kappa shape index (κ3) is 5.29. The first-order valence-electron chi connectivity index (χ1n) is 7.68. The molecular weight excluding hydrogens is 322 g/mol. The molecule has 2 aromatic carbocycles. The van der Waals surface area contributed by atoms with Crippen molar-refractivity contribution in [2.45, 2.75) is 38.6 Å². The Balaban J connectivity index is 2.04. The first-order chi connectivity index (χ1) is 10.2. The first-order valence-corrected chi connectivity index (χ1v) is 8.48. The number of hydrogen-bond acceptors (Lipinski definition) is 1. The molecule has 2 rings (SSSR count). The van der Waals surface area contributed by atoms with Gasteiger partial charge >= 0.3 is 0 Å².